The van der Waals surface area contributed by atoms with E-state index in [0.29, 0.717) is 43.7 Å². The number of halogens is 1. The van der Waals surface area contributed by atoms with E-state index in [1.54, 1.807) is 46.3 Å². The van der Waals surface area contributed by atoms with E-state index in [-0.39, 0.29) is 42.7 Å². The van der Waals surface area contributed by atoms with Crippen LogP contribution in [0.3, 0.4) is 0 Å². The van der Waals surface area contributed by atoms with Crippen molar-refractivity contribution in [1.29, 1.82) is 0 Å². The molecule has 1 aromatic carbocycles. The first-order chi connectivity index (χ1) is 14.0. The Bertz CT molecular complexity index is 865. The topological polar surface area (TPSA) is 70.6 Å². The normalized spacial score (nSPS) is 14.0. The molecule has 7 heteroatoms. The number of Topliss-reactive ketones (excluding diaryl/α,β-unsaturated/α-hetero) is 1. The molecule has 1 aliphatic rings. The molecule has 0 N–H and O–H groups in total. The highest BCUT2D eigenvalue weighted by atomic mass is 19.1. The van der Waals surface area contributed by atoms with E-state index in [2.05, 4.69) is 4.98 Å². The third-order valence-corrected chi connectivity index (χ3v) is 5.10. The summed E-state index contributed by atoms with van der Waals surface area (Å²) in [5.41, 5.74) is 1.04. The number of amides is 2. The third-order valence-electron chi connectivity index (χ3n) is 5.10. The van der Waals surface area contributed by atoms with Crippen molar-refractivity contribution in [1.82, 2.24) is 14.8 Å². The van der Waals surface area contributed by atoms with Crippen LogP contribution in [0.5, 0.6) is 0 Å². The molecule has 6 nitrogen and oxygen atoms in total. The summed E-state index contributed by atoms with van der Waals surface area (Å²) in [6.45, 7) is 1.81. The molecule has 0 saturated carbocycles. The Hall–Kier alpha value is -3.09. The van der Waals surface area contributed by atoms with Crippen LogP contribution in [0, 0.1) is 5.82 Å². The molecular formula is C22H24FN3O3. The number of benzene rings is 1. The number of pyridine rings is 1. The maximum Gasteiger partial charge on any atom is 0.223 e. The fourth-order valence-corrected chi connectivity index (χ4v) is 3.36. The van der Waals surface area contributed by atoms with Crippen molar-refractivity contribution in [3.05, 3.63) is 65.7 Å². The summed E-state index contributed by atoms with van der Waals surface area (Å²) in [5, 5.41) is 0. The van der Waals surface area contributed by atoms with E-state index in [1.807, 2.05) is 0 Å². The first-order valence-electron chi connectivity index (χ1n) is 9.77. The summed E-state index contributed by atoms with van der Waals surface area (Å²) >= 11 is 0. The first kappa shape index (κ1) is 20.6. The van der Waals surface area contributed by atoms with Crippen molar-refractivity contribution < 1.29 is 18.8 Å². The molecule has 1 fully saturated rings. The molecule has 0 spiro atoms. The van der Waals surface area contributed by atoms with Crippen LogP contribution in [0.2, 0.25) is 0 Å². The Morgan fingerprint density at radius 2 is 1.52 bits per heavy atom. The summed E-state index contributed by atoms with van der Waals surface area (Å²) in [6.07, 6.45) is 3.99. The molecule has 29 heavy (non-hydrogen) atoms. The van der Waals surface area contributed by atoms with Crippen LogP contribution in [0.4, 0.5) is 4.39 Å². The molecule has 2 heterocycles. The van der Waals surface area contributed by atoms with Gasteiger partial charge in [0.1, 0.15) is 5.82 Å². The fraction of sp³-hybridized carbons (Fsp3) is 0.364. The summed E-state index contributed by atoms with van der Waals surface area (Å²) in [4.78, 5) is 44.2. The summed E-state index contributed by atoms with van der Waals surface area (Å²) < 4.78 is 13.7. The molecule has 1 saturated heterocycles. The zero-order valence-electron chi connectivity index (χ0n) is 16.2. The highest BCUT2D eigenvalue weighted by molar-refractivity contribution is 5.97. The molecule has 2 aromatic rings. The molecule has 1 aromatic heterocycles. The number of hydrogen-bond donors (Lipinski definition) is 0. The molecular weight excluding hydrogens is 373 g/mol. The van der Waals surface area contributed by atoms with Crippen LogP contribution in [0.15, 0.2) is 48.8 Å². The number of hydrogen-bond acceptors (Lipinski definition) is 4. The van der Waals surface area contributed by atoms with Crippen LogP contribution in [0.1, 0.15) is 35.2 Å². The van der Waals surface area contributed by atoms with Gasteiger partial charge in [-0.25, -0.2) is 4.39 Å². The first-order valence-corrected chi connectivity index (χ1v) is 9.77. The highest BCUT2D eigenvalue weighted by Gasteiger charge is 2.24. The Balaban J connectivity index is 1.40. The predicted octanol–water partition coefficient (Wildman–Crippen LogP) is 2.49. The number of rotatable bonds is 7. The predicted molar refractivity (Wildman–Crippen MR) is 106 cm³/mol. The van der Waals surface area contributed by atoms with Gasteiger partial charge in [-0.2, -0.15) is 0 Å². The highest BCUT2D eigenvalue weighted by Crippen LogP contribution is 2.12. The maximum atomic E-state index is 13.7. The van der Waals surface area contributed by atoms with E-state index in [0.717, 1.165) is 0 Å². The Kier molecular flexibility index (Phi) is 7.05. The van der Waals surface area contributed by atoms with E-state index in [4.69, 9.17) is 0 Å². The zero-order chi connectivity index (χ0) is 20.6. The third kappa shape index (κ3) is 5.70. The van der Waals surface area contributed by atoms with Gasteiger partial charge in [0.05, 0.1) is 0 Å². The van der Waals surface area contributed by atoms with Gasteiger partial charge in [0.25, 0.3) is 0 Å². The smallest absolute Gasteiger partial charge is 0.223 e. The second kappa shape index (κ2) is 9.91. The largest absolute Gasteiger partial charge is 0.339 e. The van der Waals surface area contributed by atoms with Gasteiger partial charge in [0.2, 0.25) is 11.8 Å². The molecule has 0 atom stereocenters. The number of nitrogens with zero attached hydrogens (tertiary/aromatic N) is 3. The van der Waals surface area contributed by atoms with Gasteiger partial charge in [0, 0.05) is 63.4 Å². The van der Waals surface area contributed by atoms with Crippen molar-refractivity contribution in [2.45, 2.75) is 25.7 Å². The van der Waals surface area contributed by atoms with Crippen molar-refractivity contribution in [3.8, 4) is 0 Å². The van der Waals surface area contributed by atoms with Gasteiger partial charge >= 0.3 is 0 Å². The van der Waals surface area contributed by atoms with Gasteiger partial charge < -0.3 is 9.80 Å². The lowest BCUT2D eigenvalue weighted by molar-refractivity contribution is -0.139. The molecule has 1 aliphatic heterocycles. The van der Waals surface area contributed by atoms with E-state index >= 15 is 0 Å². The minimum atomic E-state index is -0.295. The van der Waals surface area contributed by atoms with Gasteiger partial charge in [-0.15, -0.1) is 0 Å². The fourth-order valence-electron chi connectivity index (χ4n) is 3.36. The Morgan fingerprint density at radius 1 is 0.862 bits per heavy atom. The molecule has 0 unspecified atom stereocenters. The van der Waals surface area contributed by atoms with Crippen molar-refractivity contribution in [2.75, 3.05) is 26.2 Å². The van der Waals surface area contributed by atoms with Crippen molar-refractivity contribution in [2.24, 2.45) is 0 Å². The van der Waals surface area contributed by atoms with E-state index in [1.165, 1.54) is 12.3 Å². The molecule has 3 rings (SSSR count). The number of piperazine rings is 1. The molecule has 2 amide bonds. The van der Waals surface area contributed by atoms with Crippen LogP contribution < -0.4 is 0 Å². The molecule has 0 bridgehead atoms. The maximum absolute atomic E-state index is 13.7. The van der Waals surface area contributed by atoms with Gasteiger partial charge in [0.15, 0.2) is 5.78 Å². The average molecular weight is 397 g/mol. The summed E-state index contributed by atoms with van der Waals surface area (Å²) in [5.74, 6) is -0.516. The number of aromatic nitrogens is 1. The van der Waals surface area contributed by atoms with Gasteiger partial charge in [-0.3, -0.25) is 19.4 Å². The summed E-state index contributed by atoms with van der Waals surface area (Å²) in [7, 11) is 0. The van der Waals surface area contributed by atoms with Crippen molar-refractivity contribution in [3.63, 3.8) is 0 Å². The van der Waals surface area contributed by atoms with Gasteiger partial charge in [-0.05, 0) is 30.2 Å². The average Bonchev–Trinajstić information content (AvgIpc) is 2.77. The lowest BCUT2D eigenvalue weighted by Crippen LogP contribution is -2.50. The van der Waals surface area contributed by atoms with Crippen LogP contribution >= 0.6 is 0 Å². The number of aryl methyl sites for hydroxylation is 1. The SMILES string of the molecule is O=C(CCC(=O)N1CCN(C(=O)CCc2ccccc2F)CC1)c1cccnc1. The van der Waals surface area contributed by atoms with E-state index in [9.17, 15) is 18.8 Å². The second-order valence-corrected chi connectivity index (χ2v) is 7.02. The Morgan fingerprint density at radius 3 is 2.14 bits per heavy atom. The summed E-state index contributed by atoms with van der Waals surface area (Å²) in [6, 6.07) is 9.84. The zero-order valence-corrected chi connectivity index (χ0v) is 16.2. The molecule has 0 aliphatic carbocycles. The number of ketones is 1. The van der Waals surface area contributed by atoms with Crippen molar-refractivity contribution >= 4 is 17.6 Å². The minimum absolute atomic E-state index is 0.0351. The van der Waals surface area contributed by atoms with E-state index < -0.39 is 0 Å². The monoisotopic (exact) mass is 397 g/mol. The molecule has 0 radical (unpaired) electrons. The van der Waals surface area contributed by atoms with Crippen LogP contribution in [0.25, 0.3) is 0 Å². The lowest BCUT2D eigenvalue weighted by Gasteiger charge is -2.35. The minimum Gasteiger partial charge on any atom is -0.339 e. The van der Waals surface area contributed by atoms with Crippen LogP contribution in [-0.4, -0.2) is 58.6 Å². The van der Waals surface area contributed by atoms with Gasteiger partial charge in [-0.1, -0.05) is 18.2 Å². The number of carbonyl (C=O) groups is 3. The quantitative estimate of drug-likeness (QED) is 0.673. The van der Waals surface area contributed by atoms with Crippen LogP contribution in [-0.2, 0) is 16.0 Å². The Labute approximate surface area is 169 Å². The second-order valence-electron chi connectivity index (χ2n) is 7.02. The number of carbonyl (C=O) groups excluding carboxylic acids is 3. The standard InChI is InChI=1S/C22H24FN3O3/c23-19-6-2-1-4-17(19)7-9-21(28)25-12-14-26(15-13-25)22(29)10-8-20(27)18-5-3-11-24-16-18/h1-6,11,16H,7-10,12-15H2. The molecule has 152 valence electrons. The lowest BCUT2D eigenvalue weighted by atomic mass is 10.1.